The predicted octanol–water partition coefficient (Wildman–Crippen LogP) is 8.67. The molecule has 13 nitrogen and oxygen atoms in total. The van der Waals surface area contributed by atoms with Gasteiger partial charge >= 0.3 is 19.8 Å². The summed E-state index contributed by atoms with van der Waals surface area (Å²) in [5.41, 5.74) is 0. The number of aliphatic hydroxyl groups excluding tert-OH is 5. The van der Waals surface area contributed by atoms with Gasteiger partial charge in [-0.25, -0.2) is 4.57 Å². The van der Waals surface area contributed by atoms with Crippen LogP contribution in [0.2, 0.25) is 0 Å². The van der Waals surface area contributed by atoms with Crippen molar-refractivity contribution in [3.8, 4) is 0 Å². The Morgan fingerprint density at radius 1 is 0.517 bits per heavy atom. The number of ether oxygens (including phenoxy) is 2. The van der Waals surface area contributed by atoms with Crippen LogP contribution in [0.15, 0.2) is 12.2 Å². The molecule has 58 heavy (non-hydrogen) atoms. The molecule has 6 N–H and O–H groups in total. The zero-order chi connectivity index (χ0) is 42.9. The normalized spacial score (nSPS) is 22.6. The minimum Gasteiger partial charge on any atom is -0.462 e. The summed E-state index contributed by atoms with van der Waals surface area (Å²) in [6.45, 7) is 3.29. The first-order valence-corrected chi connectivity index (χ1v) is 24.5. The van der Waals surface area contributed by atoms with Crippen LogP contribution >= 0.6 is 7.82 Å². The molecule has 0 spiro atoms. The summed E-state index contributed by atoms with van der Waals surface area (Å²) in [6, 6.07) is 0. The lowest BCUT2D eigenvalue weighted by atomic mass is 9.85. The third-order valence-electron chi connectivity index (χ3n) is 10.9. The maximum Gasteiger partial charge on any atom is 0.472 e. The highest BCUT2D eigenvalue weighted by Crippen LogP contribution is 2.47. The summed E-state index contributed by atoms with van der Waals surface area (Å²) in [5.74, 6) is -1.10. The molecule has 0 aliphatic heterocycles. The van der Waals surface area contributed by atoms with E-state index in [1.165, 1.54) is 103 Å². The molecule has 1 saturated carbocycles. The Bertz CT molecular complexity index is 1080. The molecule has 0 radical (unpaired) electrons. The summed E-state index contributed by atoms with van der Waals surface area (Å²) in [7, 11) is -5.11. The van der Waals surface area contributed by atoms with Crippen molar-refractivity contribution in [3.05, 3.63) is 12.2 Å². The molecule has 0 amide bonds. The van der Waals surface area contributed by atoms with Crippen LogP contribution in [0, 0.1) is 0 Å². The number of hydrogen-bond acceptors (Lipinski definition) is 12. The van der Waals surface area contributed by atoms with E-state index in [4.69, 9.17) is 18.5 Å². The molecule has 0 saturated heterocycles. The SMILES string of the molecule is CCCCCC/C=C\CCCCCCCC(=O)OC[C@H](COP(=O)(O)OC1C(O)C(O)C(O)[C@@H](O)C1O)OC(=O)CCCCCCCCCCCCCCCCCC. The quantitative estimate of drug-likeness (QED) is 0.0149. The first-order chi connectivity index (χ1) is 27.9. The average Bonchev–Trinajstić information content (AvgIpc) is 3.20. The Balaban J connectivity index is 2.46. The standard InChI is InChI=1S/C44H83O13P/c1-3-5-7-9-11-13-15-17-18-19-21-23-25-27-29-31-33-38(46)56-36(35-55-58(52,53)57-44-42(50)40(48)39(47)41(49)43(44)51)34-54-37(45)32-30-28-26-24-22-20-16-14-12-10-8-6-4-2/h14,16,36,39-44,47-51H,3-13,15,17-35H2,1-2H3,(H,52,53)/b16-14-/t36-,39?,40-,41?,42?,43?,44?/m1/s1. The maximum atomic E-state index is 12.8. The van der Waals surface area contributed by atoms with Crippen molar-refractivity contribution < 1.29 is 63.1 Å². The van der Waals surface area contributed by atoms with Crippen molar-refractivity contribution in [2.45, 2.75) is 243 Å². The first-order valence-electron chi connectivity index (χ1n) is 23.0. The van der Waals surface area contributed by atoms with Gasteiger partial charge < -0.3 is 39.9 Å². The predicted molar refractivity (Wildman–Crippen MR) is 226 cm³/mol. The number of allylic oxidation sites excluding steroid dienone is 2. The second kappa shape index (κ2) is 35.2. The van der Waals surface area contributed by atoms with Gasteiger partial charge in [-0.1, -0.05) is 161 Å². The summed E-state index contributed by atoms with van der Waals surface area (Å²) in [4.78, 5) is 35.6. The zero-order valence-electron chi connectivity index (χ0n) is 36.1. The van der Waals surface area contributed by atoms with E-state index in [1.54, 1.807) is 0 Å². The van der Waals surface area contributed by atoms with Gasteiger partial charge in [0.25, 0.3) is 0 Å². The molecule has 1 aliphatic rings. The van der Waals surface area contributed by atoms with Crippen molar-refractivity contribution in [1.82, 2.24) is 0 Å². The van der Waals surface area contributed by atoms with E-state index in [2.05, 4.69) is 26.0 Å². The monoisotopic (exact) mass is 851 g/mol. The molecule has 1 fully saturated rings. The lowest BCUT2D eigenvalue weighted by Crippen LogP contribution is -2.64. The van der Waals surface area contributed by atoms with Crippen LogP contribution in [-0.2, 0) is 32.7 Å². The summed E-state index contributed by atoms with van der Waals surface area (Å²) in [5, 5.41) is 50.1. The Morgan fingerprint density at radius 3 is 1.33 bits per heavy atom. The highest BCUT2D eigenvalue weighted by atomic mass is 31.2. The fraction of sp³-hybridized carbons (Fsp3) is 0.909. The number of phosphoric acid groups is 1. The highest BCUT2D eigenvalue weighted by molar-refractivity contribution is 7.47. The second-order valence-electron chi connectivity index (χ2n) is 16.3. The van der Waals surface area contributed by atoms with Gasteiger partial charge in [0.2, 0.25) is 0 Å². The number of unbranched alkanes of at least 4 members (excludes halogenated alkanes) is 24. The van der Waals surface area contributed by atoms with E-state index in [0.717, 1.165) is 57.8 Å². The van der Waals surface area contributed by atoms with Crippen LogP contribution in [0.3, 0.4) is 0 Å². The topological polar surface area (TPSA) is 210 Å². The van der Waals surface area contributed by atoms with Gasteiger partial charge in [-0.05, 0) is 38.5 Å². The number of esters is 2. The molecule has 0 aromatic rings. The molecule has 0 heterocycles. The molecular formula is C44H83O13P. The third kappa shape index (κ3) is 27.4. The molecule has 0 bridgehead atoms. The zero-order valence-corrected chi connectivity index (χ0v) is 37.0. The van der Waals surface area contributed by atoms with E-state index < -0.39 is 75.7 Å². The molecule has 6 unspecified atom stereocenters. The fourth-order valence-electron chi connectivity index (χ4n) is 7.11. The first kappa shape index (κ1) is 54.6. The highest BCUT2D eigenvalue weighted by Gasteiger charge is 2.51. The van der Waals surface area contributed by atoms with E-state index >= 15 is 0 Å². The van der Waals surface area contributed by atoms with Crippen molar-refractivity contribution in [2.24, 2.45) is 0 Å². The lowest BCUT2D eigenvalue weighted by molar-refractivity contribution is -0.220. The van der Waals surface area contributed by atoms with Gasteiger partial charge in [0.15, 0.2) is 6.10 Å². The smallest absolute Gasteiger partial charge is 0.462 e. The Hall–Kier alpha value is -1.41. The number of carbonyl (C=O) groups is 2. The van der Waals surface area contributed by atoms with Crippen molar-refractivity contribution in [1.29, 1.82) is 0 Å². The molecular weight excluding hydrogens is 767 g/mol. The van der Waals surface area contributed by atoms with E-state index in [0.29, 0.717) is 12.8 Å². The van der Waals surface area contributed by atoms with Crippen molar-refractivity contribution in [3.63, 3.8) is 0 Å². The van der Waals surface area contributed by atoms with Crippen molar-refractivity contribution >= 4 is 19.8 Å². The van der Waals surface area contributed by atoms with Gasteiger partial charge in [-0.2, -0.15) is 0 Å². The van der Waals surface area contributed by atoms with Crippen LogP contribution in [-0.4, -0.2) is 98.3 Å². The summed E-state index contributed by atoms with van der Waals surface area (Å²) < 4.78 is 33.5. The number of aliphatic hydroxyl groups is 5. The van der Waals surface area contributed by atoms with Gasteiger partial charge in [-0.3, -0.25) is 18.6 Å². The minimum atomic E-state index is -5.11. The van der Waals surface area contributed by atoms with Crippen molar-refractivity contribution in [2.75, 3.05) is 13.2 Å². The van der Waals surface area contributed by atoms with Gasteiger partial charge in [0, 0.05) is 12.8 Å². The Morgan fingerprint density at radius 2 is 0.879 bits per heavy atom. The number of hydrogen-bond donors (Lipinski definition) is 6. The largest absolute Gasteiger partial charge is 0.472 e. The van der Waals surface area contributed by atoms with Gasteiger partial charge in [0.05, 0.1) is 6.61 Å². The number of rotatable bonds is 38. The van der Waals surface area contributed by atoms with Crippen LogP contribution in [0.25, 0.3) is 0 Å². The Kier molecular flexibility index (Phi) is 33.2. The van der Waals surface area contributed by atoms with Crippen LogP contribution in [0.1, 0.15) is 200 Å². The van der Waals surface area contributed by atoms with Gasteiger partial charge in [0.1, 0.15) is 43.2 Å². The second-order valence-corrected chi connectivity index (χ2v) is 17.7. The van der Waals surface area contributed by atoms with Gasteiger partial charge in [-0.15, -0.1) is 0 Å². The molecule has 8 atom stereocenters. The maximum absolute atomic E-state index is 12.8. The summed E-state index contributed by atoms with van der Waals surface area (Å²) in [6.07, 6.45) is 22.7. The Labute approximate surface area is 350 Å². The summed E-state index contributed by atoms with van der Waals surface area (Å²) >= 11 is 0. The lowest BCUT2D eigenvalue weighted by Gasteiger charge is -2.41. The number of carbonyl (C=O) groups excluding carboxylic acids is 2. The van der Waals surface area contributed by atoms with E-state index in [-0.39, 0.29) is 12.8 Å². The fourth-order valence-corrected chi connectivity index (χ4v) is 8.08. The molecule has 14 heteroatoms. The molecule has 0 aromatic heterocycles. The molecule has 1 rings (SSSR count). The van der Waals surface area contributed by atoms with Crippen LogP contribution < -0.4 is 0 Å². The van der Waals surface area contributed by atoms with E-state index in [1.807, 2.05) is 0 Å². The molecule has 0 aromatic carbocycles. The average molecular weight is 851 g/mol. The van der Waals surface area contributed by atoms with Crippen LogP contribution in [0.4, 0.5) is 0 Å². The third-order valence-corrected chi connectivity index (χ3v) is 11.8. The molecule has 1 aliphatic carbocycles. The molecule has 342 valence electrons. The van der Waals surface area contributed by atoms with E-state index in [9.17, 15) is 44.6 Å². The number of phosphoric ester groups is 1. The van der Waals surface area contributed by atoms with Crippen LogP contribution in [0.5, 0.6) is 0 Å². The minimum absolute atomic E-state index is 0.101.